The van der Waals surface area contributed by atoms with Gasteiger partial charge in [-0.1, -0.05) is 61.2 Å². The van der Waals surface area contributed by atoms with Crippen LogP contribution >= 0.6 is 0 Å². The molecule has 1 aliphatic heterocycles. The van der Waals surface area contributed by atoms with Crippen molar-refractivity contribution in [1.29, 1.82) is 0 Å². The minimum atomic E-state index is -2.97. The number of rotatable bonds is 11. The molecule has 0 bridgehead atoms. The van der Waals surface area contributed by atoms with Crippen LogP contribution in [-0.4, -0.2) is 61.6 Å². The van der Waals surface area contributed by atoms with Gasteiger partial charge < -0.3 is 14.4 Å². The summed E-state index contributed by atoms with van der Waals surface area (Å²) >= 11 is 0. The van der Waals surface area contributed by atoms with Crippen LogP contribution in [0.25, 0.3) is 6.08 Å². The highest BCUT2D eigenvalue weighted by atomic mass is 19.3. The fourth-order valence-corrected chi connectivity index (χ4v) is 5.87. The van der Waals surface area contributed by atoms with Gasteiger partial charge >= 0.3 is 6.61 Å². The van der Waals surface area contributed by atoms with E-state index in [2.05, 4.69) is 15.7 Å². The first-order valence-corrected chi connectivity index (χ1v) is 13.8. The van der Waals surface area contributed by atoms with Crippen LogP contribution in [0, 0.1) is 5.92 Å². The van der Waals surface area contributed by atoms with E-state index in [1.54, 1.807) is 6.07 Å². The highest BCUT2D eigenvalue weighted by Crippen LogP contribution is 2.31. The number of halogens is 2. The fraction of sp³-hybridized carbons (Fsp3) is 0.516. The first kappa shape index (κ1) is 28.1. The number of alkyl halides is 2. The Morgan fingerprint density at radius 1 is 1.05 bits per heavy atom. The van der Waals surface area contributed by atoms with Crippen molar-refractivity contribution in [3.05, 3.63) is 65.2 Å². The molecule has 1 heterocycles. The van der Waals surface area contributed by atoms with E-state index in [1.807, 2.05) is 42.2 Å². The number of carbonyl (C=O) groups is 1. The number of nitrogens with zero attached hydrogens (tertiary/aromatic N) is 2. The molecular formula is C31H40F2N2O3. The normalized spacial score (nSPS) is 19.1. The molecule has 0 aromatic heterocycles. The van der Waals surface area contributed by atoms with Gasteiger partial charge in [-0.2, -0.15) is 8.78 Å². The second kappa shape index (κ2) is 13.7. The molecule has 38 heavy (non-hydrogen) atoms. The predicted molar refractivity (Wildman–Crippen MR) is 147 cm³/mol. The highest BCUT2D eigenvalue weighted by Gasteiger charge is 2.31. The largest absolute Gasteiger partial charge is 0.493 e. The second-order valence-corrected chi connectivity index (χ2v) is 10.6. The standard InChI is InChI=1S/C31H40F2N2O3/c1-23(18-24-10-5-3-6-11-24)20-35(22-27-14-9-17-34(27)21-25-12-7-4-8-13-25)30(36)26-15-16-28(38-31(32)33)29(19-26)37-2/h3,5-6,10-11,15-16,18-19,25,27,31H,4,7-9,12-14,17,20-22H2,1-2H3. The maximum atomic E-state index is 13.9. The summed E-state index contributed by atoms with van der Waals surface area (Å²) in [6, 6.07) is 14.8. The molecule has 1 unspecified atom stereocenters. The van der Waals surface area contributed by atoms with E-state index in [1.165, 1.54) is 51.3 Å². The predicted octanol–water partition coefficient (Wildman–Crippen LogP) is 6.89. The van der Waals surface area contributed by atoms with Gasteiger partial charge in [0.25, 0.3) is 5.91 Å². The number of amides is 1. The summed E-state index contributed by atoms with van der Waals surface area (Å²) in [6.07, 6.45) is 10.9. The van der Waals surface area contributed by atoms with Gasteiger partial charge in [0.1, 0.15) is 0 Å². The second-order valence-electron chi connectivity index (χ2n) is 10.6. The maximum Gasteiger partial charge on any atom is 0.387 e. The molecule has 1 atom stereocenters. The zero-order chi connectivity index (χ0) is 26.9. The average Bonchev–Trinajstić information content (AvgIpc) is 3.35. The van der Waals surface area contributed by atoms with Crippen molar-refractivity contribution < 1.29 is 23.0 Å². The molecular weight excluding hydrogens is 486 g/mol. The summed E-state index contributed by atoms with van der Waals surface area (Å²) in [4.78, 5) is 18.3. The molecule has 0 spiro atoms. The molecule has 0 radical (unpaired) electrons. The van der Waals surface area contributed by atoms with Gasteiger partial charge in [-0.15, -0.1) is 0 Å². The van der Waals surface area contributed by atoms with Crippen LogP contribution in [0.3, 0.4) is 0 Å². The third-order valence-corrected chi connectivity index (χ3v) is 7.71. The average molecular weight is 527 g/mol. The zero-order valence-electron chi connectivity index (χ0n) is 22.6. The molecule has 1 aliphatic carbocycles. The fourth-order valence-electron chi connectivity index (χ4n) is 5.87. The minimum Gasteiger partial charge on any atom is -0.493 e. The third kappa shape index (κ3) is 7.79. The number of ether oxygens (including phenoxy) is 2. The van der Waals surface area contributed by atoms with Crippen molar-refractivity contribution >= 4 is 12.0 Å². The molecule has 1 saturated heterocycles. The van der Waals surface area contributed by atoms with Crippen LogP contribution in [0.2, 0.25) is 0 Å². The summed E-state index contributed by atoms with van der Waals surface area (Å²) in [6.45, 7) is 2.38. The van der Waals surface area contributed by atoms with Crippen LogP contribution in [-0.2, 0) is 0 Å². The van der Waals surface area contributed by atoms with Crippen LogP contribution < -0.4 is 9.47 Å². The van der Waals surface area contributed by atoms with Crippen LogP contribution in [0.5, 0.6) is 11.5 Å². The first-order chi connectivity index (χ1) is 18.4. The molecule has 7 heteroatoms. The quantitative estimate of drug-likeness (QED) is 0.320. The van der Waals surface area contributed by atoms with Gasteiger partial charge in [0.2, 0.25) is 0 Å². The van der Waals surface area contributed by atoms with Gasteiger partial charge in [-0.3, -0.25) is 9.69 Å². The van der Waals surface area contributed by atoms with E-state index >= 15 is 0 Å². The molecule has 0 N–H and O–H groups in total. The summed E-state index contributed by atoms with van der Waals surface area (Å²) < 4.78 is 35.4. The van der Waals surface area contributed by atoms with Gasteiger partial charge in [-0.25, -0.2) is 0 Å². The number of carbonyl (C=O) groups excluding carboxylic acids is 1. The molecule has 1 saturated carbocycles. The topological polar surface area (TPSA) is 42.0 Å². The Morgan fingerprint density at radius 3 is 2.53 bits per heavy atom. The van der Waals surface area contributed by atoms with E-state index in [0.29, 0.717) is 24.7 Å². The van der Waals surface area contributed by atoms with Gasteiger partial charge in [0.15, 0.2) is 11.5 Å². The SMILES string of the molecule is COc1cc(C(=O)N(CC(C)=Cc2ccccc2)CC2CCCN2CC2CCCCC2)ccc1OC(F)F. The monoisotopic (exact) mass is 526 g/mol. The molecule has 2 aromatic rings. The van der Waals surface area contributed by atoms with Crippen molar-refractivity contribution in [3.8, 4) is 11.5 Å². The van der Waals surface area contributed by atoms with Gasteiger partial charge in [0.05, 0.1) is 7.11 Å². The Labute approximate surface area is 225 Å². The lowest BCUT2D eigenvalue weighted by Crippen LogP contribution is -2.45. The third-order valence-electron chi connectivity index (χ3n) is 7.71. The van der Waals surface area contributed by atoms with E-state index < -0.39 is 6.61 Å². The highest BCUT2D eigenvalue weighted by molar-refractivity contribution is 5.95. The Bertz CT molecular complexity index is 1070. The lowest BCUT2D eigenvalue weighted by Gasteiger charge is -2.34. The molecule has 2 fully saturated rings. The Hall–Kier alpha value is -2.93. The smallest absolute Gasteiger partial charge is 0.387 e. The zero-order valence-corrected chi connectivity index (χ0v) is 22.6. The van der Waals surface area contributed by atoms with Crippen molar-refractivity contribution in [2.75, 3.05) is 33.3 Å². The molecule has 1 amide bonds. The van der Waals surface area contributed by atoms with E-state index in [4.69, 9.17) is 4.74 Å². The Kier molecular flexibility index (Phi) is 10.2. The van der Waals surface area contributed by atoms with Gasteiger partial charge in [0, 0.05) is 31.2 Å². The molecule has 2 aliphatic rings. The summed E-state index contributed by atoms with van der Waals surface area (Å²) in [5.74, 6) is 0.643. The number of methoxy groups -OCH3 is 1. The van der Waals surface area contributed by atoms with Crippen LogP contribution in [0.15, 0.2) is 54.1 Å². The Morgan fingerprint density at radius 2 is 1.82 bits per heavy atom. The number of hydrogen-bond acceptors (Lipinski definition) is 4. The lowest BCUT2D eigenvalue weighted by atomic mass is 9.89. The Balaban J connectivity index is 1.55. The lowest BCUT2D eigenvalue weighted by molar-refractivity contribution is -0.0512. The summed E-state index contributed by atoms with van der Waals surface area (Å²) in [5.41, 5.74) is 2.56. The molecule has 5 nitrogen and oxygen atoms in total. The van der Waals surface area contributed by atoms with Crippen LogP contribution in [0.1, 0.15) is 67.8 Å². The summed E-state index contributed by atoms with van der Waals surface area (Å²) in [7, 11) is 1.38. The minimum absolute atomic E-state index is 0.0831. The number of likely N-dealkylation sites (tertiary alicyclic amines) is 1. The van der Waals surface area contributed by atoms with Crippen molar-refractivity contribution in [1.82, 2.24) is 9.80 Å². The molecule has 2 aromatic carbocycles. The van der Waals surface area contributed by atoms with Crippen molar-refractivity contribution in [3.63, 3.8) is 0 Å². The van der Waals surface area contributed by atoms with Crippen LogP contribution in [0.4, 0.5) is 8.78 Å². The van der Waals surface area contributed by atoms with Gasteiger partial charge in [-0.05, 0) is 68.8 Å². The molecule has 206 valence electrons. The maximum absolute atomic E-state index is 13.9. The van der Waals surface area contributed by atoms with Crippen molar-refractivity contribution in [2.24, 2.45) is 5.92 Å². The first-order valence-electron chi connectivity index (χ1n) is 13.8. The number of hydrogen-bond donors (Lipinski definition) is 0. The van der Waals surface area contributed by atoms with E-state index in [-0.39, 0.29) is 17.4 Å². The molecule has 4 rings (SSSR count). The van der Waals surface area contributed by atoms with E-state index in [0.717, 1.165) is 43.0 Å². The van der Waals surface area contributed by atoms with Crippen molar-refractivity contribution in [2.45, 2.75) is 64.5 Å². The van der Waals surface area contributed by atoms with E-state index in [9.17, 15) is 13.6 Å². The summed E-state index contributed by atoms with van der Waals surface area (Å²) in [5, 5.41) is 0. The number of benzene rings is 2.